The van der Waals surface area contributed by atoms with Gasteiger partial charge in [0.15, 0.2) is 0 Å². The van der Waals surface area contributed by atoms with Gasteiger partial charge in [0.2, 0.25) is 5.16 Å². The fourth-order valence-corrected chi connectivity index (χ4v) is 5.35. The van der Waals surface area contributed by atoms with Crippen molar-refractivity contribution in [1.82, 2.24) is 25.1 Å². The first-order chi connectivity index (χ1) is 15.0. The summed E-state index contributed by atoms with van der Waals surface area (Å²) in [5.74, 6) is 0.895. The number of piperidine rings is 1. The Morgan fingerprint density at radius 3 is 2.45 bits per heavy atom. The monoisotopic (exact) mass is 456 g/mol. The van der Waals surface area contributed by atoms with Gasteiger partial charge in [-0.25, -0.2) is 0 Å². The second kappa shape index (κ2) is 9.61. The molecule has 3 aromatic rings. The van der Waals surface area contributed by atoms with Crippen molar-refractivity contribution >= 4 is 27.6 Å². The molecule has 1 aliphatic rings. The lowest BCUT2D eigenvalue weighted by molar-refractivity contribution is 0.341. The standard InChI is InChI=1S/C21H24N6O2S2/c1-17-10-12-19(13-11-17)31(28,29)23-20(26-14-6-3-7-15-26)16-30-21-22-24-25-27(21)18-8-4-2-5-9-18/h2,4-5,8-13H,3,6-7,14-16H2,1H3/b23-20-. The molecule has 0 unspecified atom stereocenters. The summed E-state index contributed by atoms with van der Waals surface area (Å²) in [4.78, 5) is 2.27. The van der Waals surface area contributed by atoms with E-state index in [1.807, 2.05) is 37.3 Å². The number of tetrazole rings is 1. The zero-order chi connectivity index (χ0) is 21.7. The van der Waals surface area contributed by atoms with E-state index in [9.17, 15) is 8.42 Å². The van der Waals surface area contributed by atoms with Crippen molar-refractivity contribution in [2.75, 3.05) is 18.8 Å². The van der Waals surface area contributed by atoms with Crippen LogP contribution in [0.3, 0.4) is 0 Å². The molecule has 2 aromatic carbocycles. The fraction of sp³-hybridized carbons (Fsp3) is 0.333. The van der Waals surface area contributed by atoms with Gasteiger partial charge in [0.1, 0.15) is 5.84 Å². The smallest absolute Gasteiger partial charge is 0.283 e. The first kappa shape index (κ1) is 21.5. The Morgan fingerprint density at radius 2 is 1.74 bits per heavy atom. The number of benzene rings is 2. The van der Waals surface area contributed by atoms with Crippen LogP contribution in [0.15, 0.2) is 69.0 Å². The molecule has 8 nitrogen and oxygen atoms in total. The summed E-state index contributed by atoms with van der Waals surface area (Å²) in [5, 5.41) is 12.6. The van der Waals surface area contributed by atoms with E-state index in [1.165, 1.54) is 11.8 Å². The summed E-state index contributed by atoms with van der Waals surface area (Å²) in [6.45, 7) is 3.52. The van der Waals surface area contributed by atoms with Gasteiger partial charge in [-0.15, -0.1) is 9.50 Å². The molecule has 0 saturated carbocycles. The maximum atomic E-state index is 13.0. The van der Waals surface area contributed by atoms with Crippen LogP contribution in [0.1, 0.15) is 24.8 Å². The van der Waals surface area contributed by atoms with Crippen LogP contribution in [-0.2, 0) is 10.0 Å². The van der Waals surface area contributed by atoms with Gasteiger partial charge in [-0.1, -0.05) is 47.7 Å². The Kier molecular flexibility index (Phi) is 6.67. The third-order valence-corrected chi connectivity index (χ3v) is 7.27. The molecule has 0 N–H and O–H groups in total. The highest BCUT2D eigenvalue weighted by molar-refractivity contribution is 7.99. The molecular weight excluding hydrogens is 432 g/mol. The van der Waals surface area contributed by atoms with E-state index >= 15 is 0 Å². The Morgan fingerprint density at radius 1 is 1.03 bits per heavy atom. The second-order valence-corrected chi connectivity index (χ2v) is 9.89. The molecule has 0 aliphatic carbocycles. The summed E-state index contributed by atoms with van der Waals surface area (Å²) < 4.78 is 31.9. The number of nitrogens with zero attached hydrogens (tertiary/aromatic N) is 6. The highest BCUT2D eigenvalue weighted by atomic mass is 32.2. The van der Waals surface area contributed by atoms with Crippen molar-refractivity contribution in [3.63, 3.8) is 0 Å². The van der Waals surface area contributed by atoms with Crippen LogP contribution < -0.4 is 0 Å². The van der Waals surface area contributed by atoms with E-state index in [0.717, 1.165) is 43.6 Å². The Balaban J connectivity index is 1.60. The third kappa shape index (κ3) is 5.31. The molecule has 2 heterocycles. The van der Waals surface area contributed by atoms with Gasteiger partial charge in [0.25, 0.3) is 10.0 Å². The molecule has 4 rings (SSSR count). The quantitative estimate of drug-likeness (QED) is 0.319. The number of aromatic nitrogens is 4. The van der Waals surface area contributed by atoms with Gasteiger partial charge >= 0.3 is 0 Å². The lowest BCUT2D eigenvalue weighted by Crippen LogP contribution is -2.37. The molecule has 0 bridgehead atoms. The molecule has 0 radical (unpaired) electrons. The number of aryl methyl sites for hydroxylation is 1. The van der Waals surface area contributed by atoms with Gasteiger partial charge in [0.05, 0.1) is 16.3 Å². The summed E-state index contributed by atoms with van der Waals surface area (Å²) in [7, 11) is -3.80. The number of hydrogen-bond donors (Lipinski definition) is 0. The Hall–Kier alpha value is -2.72. The second-order valence-electron chi connectivity index (χ2n) is 7.34. The number of thioether (sulfide) groups is 1. The van der Waals surface area contributed by atoms with E-state index in [2.05, 4.69) is 24.8 Å². The summed E-state index contributed by atoms with van der Waals surface area (Å²) >= 11 is 1.38. The topological polar surface area (TPSA) is 93.3 Å². The van der Waals surface area contributed by atoms with Gasteiger partial charge in [-0.3, -0.25) is 0 Å². The molecule has 1 aromatic heterocycles. The number of hydrogen-bond acceptors (Lipinski definition) is 6. The number of para-hydroxylation sites is 1. The van der Waals surface area contributed by atoms with E-state index in [4.69, 9.17) is 0 Å². The predicted octanol–water partition coefficient (Wildman–Crippen LogP) is 3.34. The van der Waals surface area contributed by atoms with Crippen LogP contribution in [0, 0.1) is 6.92 Å². The van der Waals surface area contributed by atoms with Crippen LogP contribution >= 0.6 is 11.8 Å². The number of sulfonamides is 1. The number of likely N-dealkylation sites (tertiary alicyclic amines) is 1. The van der Waals surface area contributed by atoms with Crippen molar-refractivity contribution in [3.8, 4) is 5.69 Å². The average Bonchev–Trinajstić information content (AvgIpc) is 3.27. The first-order valence-electron chi connectivity index (χ1n) is 10.1. The molecule has 0 amide bonds. The third-order valence-electron chi connectivity index (χ3n) is 5.04. The van der Waals surface area contributed by atoms with Crippen LogP contribution in [-0.4, -0.2) is 58.2 Å². The fourth-order valence-electron chi connectivity index (χ4n) is 3.36. The lowest BCUT2D eigenvalue weighted by atomic mass is 10.1. The van der Waals surface area contributed by atoms with Gasteiger partial charge in [-0.2, -0.15) is 13.1 Å². The average molecular weight is 457 g/mol. The minimum absolute atomic E-state index is 0.201. The highest BCUT2D eigenvalue weighted by Crippen LogP contribution is 2.22. The molecule has 0 spiro atoms. The van der Waals surface area contributed by atoms with Crippen LogP contribution in [0.4, 0.5) is 0 Å². The van der Waals surface area contributed by atoms with E-state index in [-0.39, 0.29) is 4.90 Å². The van der Waals surface area contributed by atoms with Crippen molar-refractivity contribution < 1.29 is 8.42 Å². The minimum atomic E-state index is -3.80. The maximum Gasteiger partial charge on any atom is 0.283 e. The molecule has 1 aliphatic heterocycles. The highest BCUT2D eigenvalue weighted by Gasteiger charge is 2.21. The van der Waals surface area contributed by atoms with Crippen molar-refractivity contribution in [1.29, 1.82) is 0 Å². The van der Waals surface area contributed by atoms with Crippen LogP contribution in [0.5, 0.6) is 0 Å². The van der Waals surface area contributed by atoms with Crippen LogP contribution in [0.25, 0.3) is 5.69 Å². The predicted molar refractivity (Wildman–Crippen MR) is 121 cm³/mol. The molecule has 1 saturated heterocycles. The maximum absolute atomic E-state index is 13.0. The van der Waals surface area contributed by atoms with Gasteiger partial charge in [0, 0.05) is 13.1 Å². The molecule has 10 heteroatoms. The number of rotatable bonds is 6. The van der Waals surface area contributed by atoms with E-state index in [1.54, 1.807) is 28.9 Å². The van der Waals surface area contributed by atoms with Crippen LogP contribution in [0.2, 0.25) is 0 Å². The summed E-state index contributed by atoms with van der Waals surface area (Å²) in [6, 6.07) is 16.4. The molecule has 0 atom stereocenters. The van der Waals surface area contributed by atoms with E-state index < -0.39 is 10.0 Å². The largest absolute Gasteiger partial charge is 0.359 e. The zero-order valence-corrected chi connectivity index (χ0v) is 18.9. The normalized spacial score (nSPS) is 15.3. The first-order valence-corrected chi connectivity index (χ1v) is 12.6. The molecule has 1 fully saturated rings. The zero-order valence-electron chi connectivity index (χ0n) is 17.3. The van der Waals surface area contributed by atoms with Gasteiger partial charge < -0.3 is 4.90 Å². The SMILES string of the molecule is Cc1ccc(S(=O)(=O)/N=C(/CSc2nnnn2-c2ccccc2)N2CCCCC2)cc1. The molecule has 31 heavy (non-hydrogen) atoms. The Labute approximate surface area is 186 Å². The van der Waals surface area contributed by atoms with Gasteiger partial charge in [-0.05, 0) is 60.9 Å². The molecular formula is C21H24N6O2S2. The lowest BCUT2D eigenvalue weighted by Gasteiger charge is -2.29. The minimum Gasteiger partial charge on any atom is -0.359 e. The van der Waals surface area contributed by atoms with Crippen molar-refractivity contribution in [2.45, 2.75) is 36.2 Å². The summed E-state index contributed by atoms with van der Waals surface area (Å²) in [6.07, 6.45) is 3.19. The molecule has 162 valence electrons. The Bertz CT molecular complexity index is 1140. The van der Waals surface area contributed by atoms with Crippen molar-refractivity contribution in [3.05, 3.63) is 60.2 Å². The van der Waals surface area contributed by atoms with E-state index in [0.29, 0.717) is 16.7 Å². The van der Waals surface area contributed by atoms with Crippen molar-refractivity contribution in [2.24, 2.45) is 4.40 Å². The number of amidine groups is 1. The summed E-state index contributed by atoms with van der Waals surface area (Å²) in [5.41, 5.74) is 1.85.